The average Bonchev–Trinajstić information content (AvgIpc) is 3.19. The summed E-state index contributed by atoms with van der Waals surface area (Å²) < 4.78 is 20.4. The van der Waals surface area contributed by atoms with E-state index in [0.717, 1.165) is 16.8 Å². The lowest BCUT2D eigenvalue weighted by Gasteiger charge is -2.16. The van der Waals surface area contributed by atoms with Crippen molar-refractivity contribution in [2.75, 3.05) is 7.11 Å². The van der Waals surface area contributed by atoms with Crippen LogP contribution in [0.4, 0.5) is 4.39 Å². The molecule has 2 aromatic heterocycles. The predicted molar refractivity (Wildman–Crippen MR) is 112 cm³/mol. The van der Waals surface area contributed by atoms with E-state index in [9.17, 15) is 9.18 Å². The summed E-state index contributed by atoms with van der Waals surface area (Å²) in [6.45, 7) is 3.79. The van der Waals surface area contributed by atoms with Crippen molar-refractivity contribution in [2.45, 2.75) is 19.9 Å². The first kappa shape index (κ1) is 19.6. The van der Waals surface area contributed by atoms with Crippen molar-refractivity contribution in [2.24, 2.45) is 0 Å². The van der Waals surface area contributed by atoms with E-state index in [0.29, 0.717) is 17.1 Å². The average molecular weight is 404 g/mol. The second kappa shape index (κ2) is 7.94. The summed E-state index contributed by atoms with van der Waals surface area (Å²) in [7, 11) is 1.60. The van der Waals surface area contributed by atoms with Crippen LogP contribution in [0.1, 0.15) is 34.7 Å². The van der Waals surface area contributed by atoms with Crippen LogP contribution < -0.4 is 10.1 Å². The van der Waals surface area contributed by atoms with Gasteiger partial charge in [-0.2, -0.15) is 0 Å². The highest BCUT2D eigenvalue weighted by Crippen LogP contribution is 2.25. The Balaban J connectivity index is 1.68. The summed E-state index contributed by atoms with van der Waals surface area (Å²) in [4.78, 5) is 21.9. The molecule has 0 radical (unpaired) electrons. The molecule has 4 aromatic rings. The first-order valence-electron chi connectivity index (χ1n) is 9.52. The maximum absolute atomic E-state index is 13.3. The lowest BCUT2D eigenvalue weighted by Crippen LogP contribution is -2.27. The molecular formula is C23H21FN4O2. The molecule has 0 saturated carbocycles. The van der Waals surface area contributed by atoms with E-state index in [-0.39, 0.29) is 23.5 Å². The molecule has 1 unspecified atom stereocenters. The topological polar surface area (TPSA) is 68.5 Å². The van der Waals surface area contributed by atoms with E-state index in [1.807, 2.05) is 44.2 Å². The van der Waals surface area contributed by atoms with Crippen LogP contribution in [0.15, 0.2) is 60.9 Å². The smallest absolute Gasteiger partial charge is 0.274 e. The van der Waals surface area contributed by atoms with Crippen LogP contribution in [0, 0.1) is 12.7 Å². The highest BCUT2D eigenvalue weighted by atomic mass is 19.1. The fourth-order valence-corrected chi connectivity index (χ4v) is 3.42. The zero-order valence-corrected chi connectivity index (χ0v) is 16.9. The van der Waals surface area contributed by atoms with Gasteiger partial charge in [0.1, 0.15) is 17.9 Å². The Labute approximate surface area is 173 Å². The maximum Gasteiger partial charge on any atom is 0.274 e. The van der Waals surface area contributed by atoms with E-state index in [1.165, 1.54) is 12.1 Å². The van der Waals surface area contributed by atoms with E-state index in [2.05, 4.69) is 15.3 Å². The van der Waals surface area contributed by atoms with Gasteiger partial charge in [-0.25, -0.2) is 14.4 Å². The van der Waals surface area contributed by atoms with Crippen molar-refractivity contribution in [1.29, 1.82) is 0 Å². The lowest BCUT2D eigenvalue weighted by atomic mass is 10.1. The van der Waals surface area contributed by atoms with Crippen LogP contribution in [0.3, 0.4) is 0 Å². The standard InChI is InChI=1S/C23H21FN4O2/c1-14-12-19(16-8-10-17(24)11-9-16)27-22-21(25-13-28(14)22)23(29)26-15(2)18-6-4-5-7-20(18)30-3/h4-13,15H,1-3H3,(H,26,29). The van der Waals surface area contributed by atoms with Gasteiger partial charge in [0.15, 0.2) is 11.3 Å². The number of carbonyl (C=O) groups is 1. The number of carbonyl (C=O) groups excluding carboxylic acids is 1. The van der Waals surface area contributed by atoms with Crippen LogP contribution in [0.5, 0.6) is 5.75 Å². The van der Waals surface area contributed by atoms with E-state index >= 15 is 0 Å². The van der Waals surface area contributed by atoms with Crippen molar-refractivity contribution < 1.29 is 13.9 Å². The Morgan fingerprint density at radius 2 is 1.90 bits per heavy atom. The number of nitrogens with zero attached hydrogens (tertiary/aromatic N) is 3. The quantitative estimate of drug-likeness (QED) is 0.537. The van der Waals surface area contributed by atoms with Gasteiger partial charge in [-0.3, -0.25) is 9.20 Å². The fourth-order valence-electron chi connectivity index (χ4n) is 3.42. The number of amides is 1. The largest absolute Gasteiger partial charge is 0.496 e. The number of hydrogen-bond acceptors (Lipinski definition) is 4. The predicted octanol–water partition coefficient (Wildman–Crippen LogP) is 4.34. The molecule has 7 heteroatoms. The van der Waals surface area contributed by atoms with Gasteiger partial charge >= 0.3 is 0 Å². The minimum atomic E-state index is -0.334. The van der Waals surface area contributed by atoms with Crippen LogP contribution in [-0.2, 0) is 0 Å². The summed E-state index contributed by atoms with van der Waals surface area (Å²) in [5.74, 6) is 0.0536. The van der Waals surface area contributed by atoms with Gasteiger partial charge in [0.2, 0.25) is 0 Å². The van der Waals surface area contributed by atoms with Gasteiger partial charge in [-0.15, -0.1) is 0 Å². The number of imidazole rings is 1. The summed E-state index contributed by atoms with van der Waals surface area (Å²) in [6, 6.07) is 15.2. The first-order valence-corrected chi connectivity index (χ1v) is 9.52. The molecule has 0 saturated heterocycles. The Morgan fingerprint density at radius 3 is 2.63 bits per heavy atom. The Bertz CT molecular complexity index is 1220. The SMILES string of the molecule is COc1ccccc1C(C)NC(=O)c1ncn2c(C)cc(-c3ccc(F)cc3)nc12. The van der Waals surface area contributed by atoms with Crippen LogP contribution >= 0.6 is 0 Å². The fraction of sp³-hybridized carbons (Fsp3) is 0.174. The molecule has 0 bridgehead atoms. The van der Waals surface area contributed by atoms with Crippen LogP contribution in [0.25, 0.3) is 16.9 Å². The van der Waals surface area contributed by atoms with Crippen molar-refractivity contribution in [3.8, 4) is 17.0 Å². The number of aromatic nitrogens is 3. The second-order valence-corrected chi connectivity index (χ2v) is 7.01. The highest BCUT2D eigenvalue weighted by Gasteiger charge is 2.20. The Kier molecular flexibility index (Phi) is 5.18. The third-order valence-corrected chi connectivity index (χ3v) is 5.00. The second-order valence-electron chi connectivity index (χ2n) is 7.01. The molecule has 30 heavy (non-hydrogen) atoms. The molecule has 0 fully saturated rings. The van der Waals surface area contributed by atoms with E-state index < -0.39 is 0 Å². The van der Waals surface area contributed by atoms with Gasteiger partial charge in [0.25, 0.3) is 5.91 Å². The molecule has 4 rings (SSSR count). The number of fused-ring (bicyclic) bond motifs is 1. The normalized spacial score (nSPS) is 12.0. The molecular weight excluding hydrogens is 383 g/mol. The molecule has 2 aromatic carbocycles. The number of nitrogens with one attached hydrogen (secondary N) is 1. The molecule has 6 nitrogen and oxygen atoms in total. The van der Waals surface area contributed by atoms with Crippen molar-refractivity contribution in [3.05, 3.63) is 83.7 Å². The number of methoxy groups -OCH3 is 1. The molecule has 0 aliphatic heterocycles. The number of para-hydroxylation sites is 1. The zero-order valence-electron chi connectivity index (χ0n) is 16.9. The van der Waals surface area contributed by atoms with Crippen molar-refractivity contribution in [3.63, 3.8) is 0 Å². The summed E-state index contributed by atoms with van der Waals surface area (Å²) in [5.41, 5.74) is 3.81. The van der Waals surface area contributed by atoms with E-state index in [4.69, 9.17) is 4.74 Å². The van der Waals surface area contributed by atoms with E-state index in [1.54, 1.807) is 30.0 Å². The van der Waals surface area contributed by atoms with Gasteiger partial charge in [-0.1, -0.05) is 18.2 Å². The molecule has 0 aliphatic carbocycles. The monoisotopic (exact) mass is 404 g/mol. The third-order valence-electron chi connectivity index (χ3n) is 5.00. The van der Waals surface area contributed by atoms with Crippen molar-refractivity contribution >= 4 is 11.6 Å². The van der Waals surface area contributed by atoms with Gasteiger partial charge in [0, 0.05) is 16.8 Å². The minimum Gasteiger partial charge on any atom is -0.496 e. The van der Waals surface area contributed by atoms with Crippen LogP contribution in [0.2, 0.25) is 0 Å². The Hall–Kier alpha value is -3.74. The number of halogens is 1. The number of hydrogen-bond donors (Lipinski definition) is 1. The zero-order chi connectivity index (χ0) is 21.3. The summed E-state index contributed by atoms with van der Waals surface area (Å²) in [6.07, 6.45) is 1.58. The number of aryl methyl sites for hydroxylation is 1. The molecule has 152 valence electrons. The number of rotatable bonds is 5. The van der Waals surface area contributed by atoms with Crippen LogP contribution in [-0.4, -0.2) is 27.4 Å². The molecule has 2 heterocycles. The number of benzene rings is 2. The molecule has 1 N–H and O–H groups in total. The Morgan fingerprint density at radius 1 is 1.17 bits per heavy atom. The van der Waals surface area contributed by atoms with Gasteiger partial charge in [0.05, 0.1) is 18.8 Å². The molecule has 1 atom stereocenters. The minimum absolute atomic E-state index is 0.226. The number of ether oxygens (including phenoxy) is 1. The summed E-state index contributed by atoms with van der Waals surface area (Å²) in [5, 5.41) is 2.97. The molecule has 0 spiro atoms. The third kappa shape index (κ3) is 3.61. The summed E-state index contributed by atoms with van der Waals surface area (Å²) >= 11 is 0. The first-order chi connectivity index (χ1) is 14.5. The van der Waals surface area contributed by atoms with Gasteiger partial charge < -0.3 is 10.1 Å². The molecule has 1 amide bonds. The molecule has 0 aliphatic rings. The van der Waals surface area contributed by atoms with Crippen molar-refractivity contribution in [1.82, 2.24) is 19.7 Å². The lowest BCUT2D eigenvalue weighted by molar-refractivity contribution is 0.0936. The highest BCUT2D eigenvalue weighted by molar-refractivity contribution is 5.98. The van der Waals surface area contributed by atoms with Gasteiger partial charge in [-0.05, 0) is 50.2 Å². The maximum atomic E-state index is 13.3.